The van der Waals surface area contributed by atoms with Crippen LogP contribution in [0, 0.1) is 17.0 Å². The summed E-state index contributed by atoms with van der Waals surface area (Å²) in [5, 5.41) is 16.7. The molecule has 7 heteroatoms. The first-order valence-electron chi connectivity index (χ1n) is 7.93. The molecule has 2 rings (SSSR count). The summed E-state index contributed by atoms with van der Waals surface area (Å²) in [5.74, 6) is 1.14. The highest BCUT2D eigenvalue weighted by atomic mass is 32.2. The molecule has 0 aliphatic heterocycles. The van der Waals surface area contributed by atoms with Gasteiger partial charge in [0, 0.05) is 24.9 Å². The van der Waals surface area contributed by atoms with Gasteiger partial charge >= 0.3 is 0 Å². The number of nitro benzene ring substituents is 1. The van der Waals surface area contributed by atoms with Gasteiger partial charge in [-0.25, -0.2) is 0 Å². The number of carbonyl (C=O) groups excluding carboxylic acids is 1. The van der Waals surface area contributed by atoms with E-state index in [2.05, 4.69) is 34.9 Å². The summed E-state index contributed by atoms with van der Waals surface area (Å²) < 4.78 is 0. The molecule has 2 aromatic carbocycles. The monoisotopic (exact) mass is 359 g/mol. The Bertz CT molecular complexity index is 720. The van der Waals surface area contributed by atoms with Gasteiger partial charge in [0.1, 0.15) is 5.69 Å². The van der Waals surface area contributed by atoms with E-state index >= 15 is 0 Å². The van der Waals surface area contributed by atoms with Crippen LogP contribution in [0.5, 0.6) is 0 Å². The molecular formula is C18H21N3O3S. The van der Waals surface area contributed by atoms with Crippen LogP contribution in [0.2, 0.25) is 0 Å². The second-order valence-electron chi connectivity index (χ2n) is 5.53. The molecule has 0 heterocycles. The van der Waals surface area contributed by atoms with Gasteiger partial charge in [-0.3, -0.25) is 14.9 Å². The number of nitrogens with one attached hydrogen (secondary N) is 2. The van der Waals surface area contributed by atoms with E-state index in [-0.39, 0.29) is 11.6 Å². The standard InChI is InChI=1S/C18H21N3O3S/c1-14-6-8-15(9-7-14)12-25-13-18(22)20-11-10-19-16-4-2-3-5-17(16)21(23)24/h2-9,19H,10-13H2,1H3,(H,20,22). The molecule has 0 saturated carbocycles. The molecule has 0 bridgehead atoms. The van der Waals surface area contributed by atoms with Crippen LogP contribution in [-0.2, 0) is 10.5 Å². The van der Waals surface area contributed by atoms with Gasteiger partial charge in [-0.1, -0.05) is 42.0 Å². The zero-order valence-electron chi connectivity index (χ0n) is 14.0. The van der Waals surface area contributed by atoms with Gasteiger partial charge < -0.3 is 10.6 Å². The van der Waals surface area contributed by atoms with E-state index in [1.165, 1.54) is 17.2 Å². The first-order valence-corrected chi connectivity index (χ1v) is 9.09. The number of hydrogen-bond acceptors (Lipinski definition) is 5. The number of amides is 1. The van der Waals surface area contributed by atoms with E-state index in [0.717, 1.165) is 5.75 Å². The molecule has 0 aromatic heterocycles. The Labute approximate surface area is 151 Å². The number of nitrogens with zero attached hydrogens (tertiary/aromatic N) is 1. The van der Waals surface area contributed by atoms with Crippen molar-refractivity contribution < 1.29 is 9.72 Å². The highest BCUT2D eigenvalue weighted by Crippen LogP contribution is 2.22. The Morgan fingerprint density at radius 3 is 2.56 bits per heavy atom. The second kappa shape index (κ2) is 9.68. The predicted molar refractivity (Wildman–Crippen MR) is 102 cm³/mol. The largest absolute Gasteiger partial charge is 0.378 e. The number of benzene rings is 2. The Kier molecular flexibility index (Phi) is 7.28. The zero-order valence-corrected chi connectivity index (χ0v) is 14.8. The summed E-state index contributed by atoms with van der Waals surface area (Å²) >= 11 is 1.56. The van der Waals surface area contributed by atoms with E-state index < -0.39 is 4.92 Å². The Hall–Kier alpha value is -2.54. The van der Waals surface area contributed by atoms with Gasteiger partial charge in [-0.2, -0.15) is 0 Å². The molecule has 0 radical (unpaired) electrons. The first-order chi connectivity index (χ1) is 12.1. The molecule has 6 nitrogen and oxygen atoms in total. The van der Waals surface area contributed by atoms with Crippen molar-refractivity contribution in [1.29, 1.82) is 0 Å². The Morgan fingerprint density at radius 1 is 1.12 bits per heavy atom. The third-order valence-corrected chi connectivity index (χ3v) is 4.49. The molecule has 25 heavy (non-hydrogen) atoms. The average molecular weight is 359 g/mol. The first kappa shape index (κ1) is 18.8. The fourth-order valence-corrected chi connectivity index (χ4v) is 3.00. The van der Waals surface area contributed by atoms with Crippen molar-refractivity contribution >= 4 is 29.0 Å². The van der Waals surface area contributed by atoms with Crippen molar-refractivity contribution in [1.82, 2.24) is 5.32 Å². The molecule has 2 N–H and O–H groups in total. The minimum atomic E-state index is -0.428. The van der Waals surface area contributed by atoms with Gasteiger partial charge in [0.2, 0.25) is 5.91 Å². The van der Waals surface area contributed by atoms with Gasteiger partial charge in [-0.15, -0.1) is 11.8 Å². The minimum Gasteiger partial charge on any atom is -0.378 e. The fraction of sp³-hybridized carbons (Fsp3) is 0.278. The summed E-state index contributed by atoms with van der Waals surface area (Å²) in [6, 6.07) is 14.7. The van der Waals surface area contributed by atoms with Crippen LogP contribution in [-0.4, -0.2) is 29.7 Å². The molecular weight excluding hydrogens is 338 g/mol. The summed E-state index contributed by atoms with van der Waals surface area (Å²) in [7, 11) is 0. The fourth-order valence-electron chi connectivity index (χ4n) is 2.18. The number of nitro groups is 1. The zero-order chi connectivity index (χ0) is 18.1. The van der Waals surface area contributed by atoms with Crippen LogP contribution in [0.4, 0.5) is 11.4 Å². The minimum absolute atomic E-state index is 0.0301. The number of para-hydroxylation sites is 2. The van der Waals surface area contributed by atoms with Gasteiger partial charge in [0.05, 0.1) is 10.7 Å². The smallest absolute Gasteiger partial charge is 0.292 e. The van der Waals surface area contributed by atoms with Gasteiger partial charge in [0.25, 0.3) is 5.69 Å². The lowest BCUT2D eigenvalue weighted by molar-refractivity contribution is -0.384. The summed E-state index contributed by atoms with van der Waals surface area (Å²) in [5.41, 5.74) is 2.90. The third-order valence-electron chi connectivity index (χ3n) is 3.49. The SMILES string of the molecule is Cc1ccc(CSCC(=O)NCCNc2ccccc2[N+](=O)[O-])cc1. The molecule has 0 unspecified atom stereocenters. The average Bonchev–Trinajstić information content (AvgIpc) is 2.60. The maximum atomic E-state index is 11.8. The molecule has 0 aliphatic carbocycles. The topological polar surface area (TPSA) is 84.3 Å². The van der Waals surface area contributed by atoms with Crippen molar-refractivity contribution in [2.45, 2.75) is 12.7 Å². The molecule has 0 saturated heterocycles. The number of rotatable bonds is 9. The predicted octanol–water partition coefficient (Wildman–Crippen LogP) is 3.36. The highest BCUT2D eigenvalue weighted by Gasteiger charge is 2.11. The lowest BCUT2D eigenvalue weighted by Crippen LogP contribution is -2.30. The van der Waals surface area contributed by atoms with E-state index in [4.69, 9.17) is 0 Å². The number of thioether (sulfide) groups is 1. The maximum Gasteiger partial charge on any atom is 0.292 e. The molecule has 0 spiro atoms. The Balaban J connectivity index is 1.64. The summed E-state index contributed by atoms with van der Waals surface area (Å²) in [6.07, 6.45) is 0. The Morgan fingerprint density at radius 2 is 1.84 bits per heavy atom. The number of anilines is 1. The van der Waals surface area contributed by atoms with Crippen LogP contribution in [0.25, 0.3) is 0 Å². The van der Waals surface area contributed by atoms with Gasteiger partial charge in [-0.05, 0) is 18.6 Å². The maximum absolute atomic E-state index is 11.8. The molecule has 1 amide bonds. The van der Waals surface area contributed by atoms with Crippen LogP contribution < -0.4 is 10.6 Å². The van der Waals surface area contributed by atoms with E-state index in [1.807, 2.05) is 6.92 Å². The van der Waals surface area contributed by atoms with Gasteiger partial charge in [0.15, 0.2) is 0 Å². The van der Waals surface area contributed by atoms with Crippen molar-refractivity contribution in [3.8, 4) is 0 Å². The van der Waals surface area contributed by atoms with Crippen LogP contribution in [0.3, 0.4) is 0 Å². The third kappa shape index (κ3) is 6.46. The molecule has 2 aromatic rings. The molecule has 0 atom stereocenters. The second-order valence-corrected chi connectivity index (χ2v) is 6.51. The van der Waals surface area contributed by atoms with E-state index in [0.29, 0.717) is 24.5 Å². The van der Waals surface area contributed by atoms with Crippen LogP contribution >= 0.6 is 11.8 Å². The number of aryl methyl sites for hydroxylation is 1. The van der Waals surface area contributed by atoms with Crippen LogP contribution in [0.15, 0.2) is 48.5 Å². The molecule has 0 fully saturated rings. The number of hydrogen-bond donors (Lipinski definition) is 2. The highest BCUT2D eigenvalue weighted by molar-refractivity contribution is 7.99. The van der Waals surface area contributed by atoms with Crippen molar-refractivity contribution in [3.63, 3.8) is 0 Å². The quantitative estimate of drug-likeness (QED) is 0.407. The molecule has 0 aliphatic rings. The number of carbonyl (C=O) groups is 1. The van der Waals surface area contributed by atoms with Crippen molar-refractivity contribution in [3.05, 3.63) is 69.8 Å². The van der Waals surface area contributed by atoms with Crippen LogP contribution in [0.1, 0.15) is 11.1 Å². The van der Waals surface area contributed by atoms with Crippen molar-refractivity contribution in [2.75, 3.05) is 24.2 Å². The van der Waals surface area contributed by atoms with Crippen molar-refractivity contribution in [2.24, 2.45) is 0 Å². The summed E-state index contributed by atoms with van der Waals surface area (Å²) in [4.78, 5) is 22.3. The van der Waals surface area contributed by atoms with E-state index in [1.54, 1.807) is 30.0 Å². The lowest BCUT2D eigenvalue weighted by atomic mass is 10.2. The molecule has 132 valence electrons. The van der Waals surface area contributed by atoms with E-state index in [9.17, 15) is 14.9 Å². The normalized spacial score (nSPS) is 10.3. The lowest BCUT2D eigenvalue weighted by Gasteiger charge is -2.08. The summed E-state index contributed by atoms with van der Waals surface area (Å²) in [6.45, 7) is 2.89.